The van der Waals surface area contributed by atoms with Gasteiger partial charge in [0.1, 0.15) is 0 Å². The highest BCUT2D eigenvalue weighted by molar-refractivity contribution is 5.76. The molecule has 0 bridgehead atoms. The van der Waals surface area contributed by atoms with Crippen LogP contribution in [-0.4, -0.2) is 45.4 Å². The first kappa shape index (κ1) is 14.3. The fourth-order valence-corrected chi connectivity index (χ4v) is 1.08. The molecule has 1 atom stereocenters. The molecule has 0 heterocycles. The monoisotopic (exact) mass is 218 g/mol. The van der Waals surface area contributed by atoms with E-state index in [1.165, 1.54) is 0 Å². The molecule has 0 aliphatic rings. The van der Waals surface area contributed by atoms with Crippen LogP contribution in [0.1, 0.15) is 19.8 Å². The summed E-state index contributed by atoms with van der Waals surface area (Å²) >= 11 is 0. The van der Waals surface area contributed by atoms with Gasteiger partial charge in [0.15, 0.2) is 0 Å². The molecule has 0 aromatic carbocycles. The lowest BCUT2D eigenvalue weighted by atomic mass is 10.3. The number of nitrogens with two attached hydrogens (primary N) is 1. The van der Waals surface area contributed by atoms with Gasteiger partial charge in [-0.05, 0) is 6.42 Å². The van der Waals surface area contributed by atoms with E-state index in [2.05, 4.69) is 5.32 Å². The molecule has 1 amide bonds. The Bertz CT molecular complexity index is 165. The summed E-state index contributed by atoms with van der Waals surface area (Å²) in [5.41, 5.74) is 5.46. The molecule has 0 saturated carbocycles. The first-order chi connectivity index (χ1) is 7.24. The first-order valence-corrected chi connectivity index (χ1v) is 5.30. The van der Waals surface area contributed by atoms with E-state index < -0.39 is 0 Å². The Balaban J connectivity index is 3.52. The van der Waals surface area contributed by atoms with Gasteiger partial charge in [0.25, 0.3) is 0 Å². The molecule has 90 valence electrons. The maximum absolute atomic E-state index is 11.3. The SMILES string of the molecule is CCCOCCC(=O)NC(CN)COC. The van der Waals surface area contributed by atoms with E-state index in [-0.39, 0.29) is 11.9 Å². The van der Waals surface area contributed by atoms with Gasteiger partial charge in [0.05, 0.1) is 19.3 Å². The summed E-state index contributed by atoms with van der Waals surface area (Å²) in [6.07, 6.45) is 1.34. The molecule has 0 aromatic heterocycles. The zero-order chi connectivity index (χ0) is 11.5. The minimum atomic E-state index is -0.103. The second kappa shape index (κ2) is 9.89. The van der Waals surface area contributed by atoms with Crippen molar-refractivity contribution in [3.8, 4) is 0 Å². The third kappa shape index (κ3) is 8.35. The molecular weight excluding hydrogens is 196 g/mol. The molecule has 0 aliphatic heterocycles. The van der Waals surface area contributed by atoms with E-state index in [1.807, 2.05) is 6.92 Å². The fraction of sp³-hybridized carbons (Fsp3) is 0.900. The Labute approximate surface area is 91.3 Å². The number of carbonyl (C=O) groups excluding carboxylic acids is 1. The average Bonchev–Trinajstić information content (AvgIpc) is 2.24. The van der Waals surface area contributed by atoms with Gasteiger partial charge >= 0.3 is 0 Å². The number of nitrogens with one attached hydrogen (secondary N) is 1. The van der Waals surface area contributed by atoms with Crippen LogP contribution in [0.4, 0.5) is 0 Å². The van der Waals surface area contributed by atoms with Gasteiger partial charge in [-0.1, -0.05) is 6.92 Å². The zero-order valence-corrected chi connectivity index (χ0v) is 9.62. The van der Waals surface area contributed by atoms with Crippen molar-refractivity contribution >= 4 is 5.91 Å². The predicted molar refractivity (Wildman–Crippen MR) is 58.6 cm³/mol. The van der Waals surface area contributed by atoms with Gasteiger partial charge < -0.3 is 20.5 Å². The van der Waals surface area contributed by atoms with Crippen molar-refractivity contribution in [3.63, 3.8) is 0 Å². The summed E-state index contributed by atoms with van der Waals surface area (Å²) in [6.45, 7) is 4.02. The van der Waals surface area contributed by atoms with E-state index in [9.17, 15) is 4.79 Å². The zero-order valence-electron chi connectivity index (χ0n) is 9.62. The lowest BCUT2D eigenvalue weighted by Crippen LogP contribution is -2.43. The summed E-state index contributed by atoms with van der Waals surface area (Å²) in [5, 5.41) is 2.78. The van der Waals surface area contributed by atoms with E-state index >= 15 is 0 Å². The van der Waals surface area contributed by atoms with Gasteiger partial charge in [0, 0.05) is 26.7 Å². The minimum absolute atomic E-state index is 0.0430. The Hall–Kier alpha value is -0.650. The summed E-state index contributed by atoms with van der Waals surface area (Å²) in [7, 11) is 1.58. The van der Waals surface area contributed by atoms with E-state index in [4.69, 9.17) is 15.2 Å². The van der Waals surface area contributed by atoms with Gasteiger partial charge in [-0.15, -0.1) is 0 Å². The van der Waals surface area contributed by atoms with Gasteiger partial charge in [-0.25, -0.2) is 0 Å². The lowest BCUT2D eigenvalue weighted by molar-refractivity contribution is -0.123. The molecule has 0 fully saturated rings. The van der Waals surface area contributed by atoms with E-state index in [0.29, 0.717) is 32.8 Å². The topological polar surface area (TPSA) is 73.6 Å². The molecule has 0 aliphatic carbocycles. The van der Waals surface area contributed by atoms with Crippen LogP contribution in [0.3, 0.4) is 0 Å². The Morgan fingerprint density at radius 2 is 2.20 bits per heavy atom. The first-order valence-electron chi connectivity index (χ1n) is 5.30. The number of hydrogen-bond acceptors (Lipinski definition) is 4. The van der Waals surface area contributed by atoms with Crippen LogP contribution < -0.4 is 11.1 Å². The highest BCUT2D eigenvalue weighted by atomic mass is 16.5. The van der Waals surface area contributed by atoms with Crippen molar-refractivity contribution in [2.45, 2.75) is 25.8 Å². The van der Waals surface area contributed by atoms with Crippen LogP contribution in [0.2, 0.25) is 0 Å². The second-order valence-electron chi connectivity index (χ2n) is 3.32. The number of methoxy groups -OCH3 is 1. The van der Waals surface area contributed by atoms with Crippen molar-refractivity contribution < 1.29 is 14.3 Å². The number of amides is 1. The minimum Gasteiger partial charge on any atom is -0.383 e. The van der Waals surface area contributed by atoms with Crippen molar-refractivity contribution in [2.24, 2.45) is 5.73 Å². The Morgan fingerprint density at radius 1 is 1.47 bits per heavy atom. The molecule has 0 radical (unpaired) electrons. The quantitative estimate of drug-likeness (QED) is 0.530. The standard InChI is InChI=1S/C10H22N2O3/c1-3-5-15-6-4-10(13)12-9(7-11)8-14-2/h9H,3-8,11H2,1-2H3,(H,12,13). The highest BCUT2D eigenvalue weighted by Crippen LogP contribution is 1.88. The summed E-state index contributed by atoms with van der Waals surface area (Å²) < 4.78 is 10.1. The molecular formula is C10H22N2O3. The molecule has 1 unspecified atom stereocenters. The van der Waals surface area contributed by atoms with Crippen LogP contribution in [-0.2, 0) is 14.3 Å². The predicted octanol–water partition coefficient (Wildman–Crippen LogP) is -0.107. The molecule has 15 heavy (non-hydrogen) atoms. The summed E-state index contributed by atoms with van der Waals surface area (Å²) in [6, 6.07) is -0.103. The van der Waals surface area contributed by atoms with E-state index in [1.54, 1.807) is 7.11 Å². The largest absolute Gasteiger partial charge is 0.383 e. The van der Waals surface area contributed by atoms with Crippen molar-refractivity contribution in [1.29, 1.82) is 0 Å². The number of rotatable bonds is 9. The number of carbonyl (C=O) groups is 1. The van der Waals surface area contributed by atoms with Crippen LogP contribution in [0, 0.1) is 0 Å². The maximum Gasteiger partial charge on any atom is 0.222 e. The van der Waals surface area contributed by atoms with Gasteiger partial charge in [-0.2, -0.15) is 0 Å². The lowest BCUT2D eigenvalue weighted by Gasteiger charge is -2.15. The number of ether oxygens (including phenoxy) is 2. The third-order valence-electron chi connectivity index (χ3n) is 1.84. The van der Waals surface area contributed by atoms with Crippen molar-refractivity contribution in [3.05, 3.63) is 0 Å². The van der Waals surface area contributed by atoms with Crippen molar-refractivity contribution in [1.82, 2.24) is 5.32 Å². The normalized spacial score (nSPS) is 12.5. The summed E-state index contributed by atoms with van der Waals surface area (Å²) in [5.74, 6) is -0.0430. The smallest absolute Gasteiger partial charge is 0.222 e. The van der Waals surface area contributed by atoms with Crippen LogP contribution in [0.25, 0.3) is 0 Å². The van der Waals surface area contributed by atoms with Crippen molar-refractivity contribution in [2.75, 3.05) is 33.5 Å². The molecule has 0 spiro atoms. The van der Waals surface area contributed by atoms with Crippen LogP contribution in [0.15, 0.2) is 0 Å². The third-order valence-corrected chi connectivity index (χ3v) is 1.84. The molecule has 0 aromatic rings. The summed E-state index contributed by atoms with van der Waals surface area (Å²) in [4.78, 5) is 11.3. The van der Waals surface area contributed by atoms with Crippen LogP contribution in [0.5, 0.6) is 0 Å². The molecule has 3 N–H and O–H groups in total. The van der Waals surface area contributed by atoms with Crippen LogP contribution >= 0.6 is 0 Å². The Morgan fingerprint density at radius 3 is 2.73 bits per heavy atom. The maximum atomic E-state index is 11.3. The molecule has 0 rings (SSSR count). The van der Waals surface area contributed by atoms with E-state index in [0.717, 1.165) is 6.42 Å². The Kier molecular flexibility index (Phi) is 9.46. The highest BCUT2D eigenvalue weighted by Gasteiger charge is 2.09. The van der Waals surface area contributed by atoms with Gasteiger partial charge in [-0.3, -0.25) is 4.79 Å². The average molecular weight is 218 g/mol. The van der Waals surface area contributed by atoms with Gasteiger partial charge in [0.2, 0.25) is 5.91 Å². The fourth-order valence-electron chi connectivity index (χ4n) is 1.08. The molecule has 5 heteroatoms. The molecule has 5 nitrogen and oxygen atoms in total. The molecule has 0 saturated heterocycles. The number of hydrogen-bond donors (Lipinski definition) is 2. The second-order valence-corrected chi connectivity index (χ2v) is 3.32.